The van der Waals surface area contributed by atoms with Crippen molar-refractivity contribution in [1.29, 1.82) is 0 Å². The van der Waals surface area contributed by atoms with Crippen LogP contribution in [0.25, 0.3) is 0 Å². The van der Waals surface area contributed by atoms with Gasteiger partial charge in [-0.3, -0.25) is 9.59 Å². The van der Waals surface area contributed by atoms with Crippen molar-refractivity contribution in [3.05, 3.63) is 36.4 Å². The van der Waals surface area contributed by atoms with Crippen LogP contribution in [0.3, 0.4) is 0 Å². The van der Waals surface area contributed by atoms with Crippen molar-refractivity contribution >= 4 is 17.5 Å². The van der Waals surface area contributed by atoms with Gasteiger partial charge in [0.05, 0.1) is 63.3 Å². The van der Waals surface area contributed by atoms with Crippen LogP contribution >= 0.6 is 0 Å². The number of benzene rings is 1. The summed E-state index contributed by atoms with van der Waals surface area (Å²) in [4.78, 5) is 28.3. The van der Waals surface area contributed by atoms with Gasteiger partial charge in [-0.25, -0.2) is 4.90 Å². The number of ether oxygens (including phenoxy) is 7. The Morgan fingerprint density at radius 3 is 1.98 bits per heavy atom. The Balaban J connectivity index is 0.883. The minimum Gasteiger partial charge on any atom is -0.491 e. The van der Waals surface area contributed by atoms with E-state index in [4.69, 9.17) is 33.2 Å². The maximum atomic E-state index is 13.6. The summed E-state index contributed by atoms with van der Waals surface area (Å²) < 4.78 is 38.9. The summed E-state index contributed by atoms with van der Waals surface area (Å²) in [6.07, 6.45) is 13.6. The van der Waals surface area contributed by atoms with Crippen molar-refractivity contribution in [2.24, 2.45) is 11.8 Å². The molecule has 4 aliphatic heterocycles. The molecule has 4 aliphatic rings. The van der Waals surface area contributed by atoms with E-state index in [1.807, 2.05) is 12.2 Å². The summed E-state index contributed by atoms with van der Waals surface area (Å²) in [6, 6.07) is 6.95. The van der Waals surface area contributed by atoms with Gasteiger partial charge in [0.2, 0.25) is 11.8 Å². The highest BCUT2D eigenvalue weighted by Gasteiger charge is 2.68. The van der Waals surface area contributed by atoms with Gasteiger partial charge in [0, 0.05) is 20.3 Å². The number of methoxy groups -OCH3 is 1. The fraction of sp³-hybridized carbons (Fsp3) is 0.730. The second-order valence-corrected chi connectivity index (χ2v) is 13.6. The summed E-state index contributed by atoms with van der Waals surface area (Å²) in [5, 5.41) is 20.0. The molecule has 7 unspecified atom stereocenters. The first kappa shape index (κ1) is 37.8. The zero-order valence-corrected chi connectivity index (χ0v) is 28.9. The Labute approximate surface area is 289 Å². The van der Waals surface area contributed by atoms with Crippen molar-refractivity contribution in [3.8, 4) is 5.75 Å². The van der Waals surface area contributed by atoms with Gasteiger partial charge >= 0.3 is 0 Å². The maximum Gasteiger partial charge on any atom is 0.241 e. The molecule has 0 aliphatic carbocycles. The average Bonchev–Trinajstić information content (AvgIpc) is 3.66. The van der Waals surface area contributed by atoms with E-state index in [1.54, 1.807) is 31.4 Å². The summed E-state index contributed by atoms with van der Waals surface area (Å²) in [5.74, 6) is -1.19. The van der Waals surface area contributed by atoms with Crippen LogP contribution in [0.15, 0.2) is 36.4 Å². The third kappa shape index (κ3) is 10.8. The van der Waals surface area contributed by atoms with Gasteiger partial charge in [-0.15, -0.1) is 0 Å². The maximum absolute atomic E-state index is 13.6. The van der Waals surface area contributed by atoms with Crippen LogP contribution in [0, 0.1) is 11.8 Å². The van der Waals surface area contributed by atoms with E-state index in [0.717, 1.165) is 25.7 Å². The largest absolute Gasteiger partial charge is 0.491 e. The van der Waals surface area contributed by atoms with Crippen molar-refractivity contribution in [2.75, 3.05) is 71.5 Å². The van der Waals surface area contributed by atoms with Gasteiger partial charge in [0.25, 0.3) is 0 Å². The Morgan fingerprint density at radius 2 is 1.39 bits per heavy atom. The highest BCUT2D eigenvalue weighted by Crippen LogP contribution is 2.52. The van der Waals surface area contributed by atoms with Gasteiger partial charge in [-0.2, -0.15) is 0 Å². The molecular weight excluding hydrogens is 634 g/mol. The molecule has 2 N–H and O–H groups in total. The molecule has 0 saturated carbocycles. The average molecular weight is 690 g/mol. The second-order valence-electron chi connectivity index (χ2n) is 13.6. The number of amides is 2. The number of fused-ring (bicyclic) bond motifs is 5. The minimum absolute atomic E-state index is 0.0464. The molecule has 12 nitrogen and oxygen atoms in total. The van der Waals surface area contributed by atoms with Gasteiger partial charge in [-0.05, 0) is 37.1 Å². The number of imide groups is 1. The number of aliphatic hydroxyl groups is 2. The van der Waals surface area contributed by atoms with E-state index in [0.29, 0.717) is 51.1 Å². The number of nitrogens with zero attached hydrogens (tertiary/aromatic N) is 1. The molecule has 3 saturated heterocycles. The van der Waals surface area contributed by atoms with E-state index in [1.165, 1.54) is 43.4 Å². The predicted octanol–water partition coefficient (Wildman–Crippen LogP) is 3.60. The molecule has 0 radical (unpaired) electrons. The van der Waals surface area contributed by atoms with Crippen LogP contribution in [-0.2, 0) is 38.0 Å². The molecule has 3 fully saturated rings. The summed E-state index contributed by atoms with van der Waals surface area (Å²) in [7, 11) is 1.57. The smallest absolute Gasteiger partial charge is 0.241 e. The fourth-order valence-corrected chi connectivity index (χ4v) is 6.87. The topological polar surface area (TPSA) is 146 Å². The number of hydrogen-bond donors (Lipinski definition) is 2. The molecule has 0 spiro atoms. The first-order valence-corrected chi connectivity index (χ1v) is 18.1. The molecule has 12 heteroatoms. The minimum atomic E-state index is -1.03. The van der Waals surface area contributed by atoms with Crippen LogP contribution in [0.2, 0.25) is 0 Å². The zero-order chi connectivity index (χ0) is 34.5. The lowest BCUT2D eigenvalue weighted by Gasteiger charge is -2.29. The first-order valence-electron chi connectivity index (χ1n) is 18.1. The van der Waals surface area contributed by atoms with Crippen LogP contribution in [-0.4, -0.2) is 119 Å². The van der Waals surface area contributed by atoms with Crippen LogP contribution in [0.1, 0.15) is 64.2 Å². The quantitative estimate of drug-likeness (QED) is 0.0605. The monoisotopic (exact) mass is 689 g/mol. The van der Waals surface area contributed by atoms with Crippen molar-refractivity contribution < 1.29 is 53.0 Å². The molecule has 2 amide bonds. The molecule has 49 heavy (non-hydrogen) atoms. The molecular formula is C37H55NO11. The highest BCUT2D eigenvalue weighted by molar-refractivity contribution is 6.23. The molecule has 1 aromatic rings. The molecule has 4 heterocycles. The SMILES string of the molecule is COCC(O)COCCCCCCCCCCCCOCC(O)COCC12C=CC(O1)C1C(=O)N(c3ccc(OCC4CO4)cc3)C(=O)C12. The number of unbranched alkanes of at least 4 members (excludes halogenated alkanes) is 9. The molecule has 0 aromatic heterocycles. The highest BCUT2D eigenvalue weighted by atomic mass is 16.6. The van der Waals surface area contributed by atoms with Crippen LogP contribution in [0.4, 0.5) is 5.69 Å². The fourth-order valence-electron chi connectivity index (χ4n) is 6.87. The van der Waals surface area contributed by atoms with Gasteiger partial charge in [0.1, 0.15) is 36.3 Å². The van der Waals surface area contributed by atoms with Gasteiger partial charge in [0.15, 0.2) is 0 Å². The van der Waals surface area contributed by atoms with E-state index < -0.39 is 35.7 Å². The third-order valence-electron chi connectivity index (χ3n) is 9.53. The van der Waals surface area contributed by atoms with Crippen molar-refractivity contribution in [1.82, 2.24) is 0 Å². The van der Waals surface area contributed by atoms with E-state index in [2.05, 4.69) is 0 Å². The lowest BCUT2D eigenvalue weighted by molar-refractivity contribution is -0.130. The Bertz CT molecular complexity index is 1190. The first-order chi connectivity index (χ1) is 23.9. The second kappa shape index (κ2) is 19.3. The Kier molecular flexibility index (Phi) is 14.9. The normalized spacial score (nSPS) is 26.5. The lowest BCUT2D eigenvalue weighted by atomic mass is 9.77. The number of carbonyl (C=O) groups is 2. The zero-order valence-electron chi connectivity index (χ0n) is 28.9. The molecule has 5 rings (SSSR count). The van der Waals surface area contributed by atoms with E-state index in [-0.39, 0.29) is 37.7 Å². The molecule has 274 valence electrons. The molecule has 2 bridgehead atoms. The van der Waals surface area contributed by atoms with Crippen molar-refractivity contribution in [3.63, 3.8) is 0 Å². The number of carbonyl (C=O) groups excluding carboxylic acids is 2. The van der Waals surface area contributed by atoms with E-state index >= 15 is 0 Å². The standard InChI is InChI=1S/C37H55NO11/c1-43-20-28(39)21-44-18-10-8-6-4-2-3-5-7-9-11-19-45-22-29(40)23-46-26-37-17-16-32(49-37)33-34(37)36(42)38(35(33)41)27-12-14-30(15-13-27)47-24-31-25-48-31/h12-17,28-29,31-34,39-40H,2-11,18-26H2,1H3. The number of anilines is 1. The number of aliphatic hydroxyl groups excluding tert-OH is 2. The molecule has 7 atom stereocenters. The summed E-state index contributed by atoms with van der Waals surface area (Å²) >= 11 is 0. The number of hydrogen-bond acceptors (Lipinski definition) is 11. The number of rotatable bonds is 27. The van der Waals surface area contributed by atoms with E-state index in [9.17, 15) is 19.8 Å². The molecule has 1 aromatic carbocycles. The Hall–Kier alpha value is -2.42. The summed E-state index contributed by atoms with van der Waals surface area (Å²) in [6.45, 7) is 3.41. The van der Waals surface area contributed by atoms with Gasteiger partial charge < -0.3 is 43.4 Å². The Morgan fingerprint density at radius 1 is 0.816 bits per heavy atom. The summed E-state index contributed by atoms with van der Waals surface area (Å²) in [5.41, 5.74) is -0.529. The lowest BCUT2D eigenvalue weighted by Crippen LogP contribution is -2.44. The third-order valence-corrected chi connectivity index (χ3v) is 9.53. The van der Waals surface area contributed by atoms with Gasteiger partial charge in [-0.1, -0.05) is 63.5 Å². The van der Waals surface area contributed by atoms with Crippen LogP contribution in [0.5, 0.6) is 5.75 Å². The van der Waals surface area contributed by atoms with Crippen LogP contribution < -0.4 is 9.64 Å². The van der Waals surface area contributed by atoms with Crippen molar-refractivity contribution in [2.45, 2.75) is 94.2 Å². The number of epoxide rings is 1. The predicted molar refractivity (Wildman–Crippen MR) is 180 cm³/mol.